The third-order valence-electron chi connectivity index (χ3n) is 3.15. The van der Waals surface area contributed by atoms with Crippen LogP contribution in [0, 0.1) is 0 Å². The third-order valence-corrected chi connectivity index (χ3v) is 3.15. The molecule has 1 aromatic rings. The van der Waals surface area contributed by atoms with Crippen molar-refractivity contribution >= 4 is 35.6 Å². The molecule has 0 radical (unpaired) electrons. The van der Waals surface area contributed by atoms with Crippen LogP contribution in [-0.4, -0.2) is 32.1 Å². The fraction of sp³-hybridized carbons (Fsp3) is 0.400. The van der Waals surface area contributed by atoms with Crippen molar-refractivity contribution in [2.24, 2.45) is 10.7 Å². The molecule has 24 heavy (non-hydrogen) atoms. The Hall–Kier alpha value is -1.49. The van der Waals surface area contributed by atoms with Crippen molar-refractivity contribution in [3.05, 3.63) is 35.9 Å². The van der Waals surface area contributed by atoms with Crippen LogP contribution in [0.1, 0.15) is 12.8 Å². The number of halogens is 4. The van der Waals surface area contributed by atoms with Gasteiger partial charge in [0.2, 0.25) is 0 Å². The van der Waals surface area contributed by atoms with E-state index in [1.165, 1.54) is 23.8 Å². The molecule has 5 nitrogen and oxygen atoms in total. The molecule has 2 rings (SSSR count). The number of aliphatic imine (C=N–C) groups is 1. The van der Waals surface area contributed by atoms with E-state index in [2.05, 4.69) is 15.0 Å². The summed E-state index contributed by atoms with van der Waals surface area (Å²) >= 11 is 0. The maximum Gasteiger partial charge on any atom is 0.573 e. The molecule has 0 saturated carbocycles. The molecule has 0 amide bonds. The molecular formula is C15H19F3IN3O2. The van der Waals surface area contributed by atoms with E-state index in [4.69, 9.17) is 10.5 Å². The minimum atomic E-state index is -4.76. The molecule has 0 aliphatic carbocycles. The van der Waals surface area contributed by atoms with Gasteiger partial charge in [0.15, 0.2) is 11.7 Å². The number of nitrogens with one attached hydrogen (secondary N) is 1. The lowest BCUT2D eigenvalue weighted by Gasteiger charge is -2.14. The first-order valence-corrected chi connectivity index (χ1v) is 7.11. The average Bonchev–Trinajstić information content (AvgIpc) is 2.49. The highest BCUT2D eigenvalue weighted by Gasteiger charge is 2.32. The van der Waals surface area contributed by atoms with Crippen LogP contribution in [0.2, 0.25) is 0 Å². The van der Waals surface area contributed by atoms with Gasteiger partial charge in [0.05, 0.1) is 18.9 Å². The molecule has 0 spiro atoms. The first-order chi connectivity index (χ1) is 10.9. The number of nitrogens with zero attached hydrogens (tertiary/aromatic N) is 1. The zero-order valence-corrected chi connectivity index (χ0v) is 15.1. The Labute approximate surface area is 155 Å². The smallest absolute Gasteiger partial charge is 0.404 e. The molecule has 1 heterocycles. The van der Waals surface area contributed by atoms with Gasteiger partial charge in [-0.2, -0.15) is 0 Å². The summed E-state index contributed by atoms with van der Waals surface area (Å²) in [5.41, 5.74) is 7.06. The highest BCUT2D eigenvalue weighted by molar-refractivity contribution is 14.0. The van der Waals surface area contributed by atoms with Gasteiger partial charge in [0, 0.05) is 6.54 Å². The number of alkyl halides is 3. The van der Waals surface area contributed by atoms with Crippen LogP contribution in [0.25, 0.3) is 0 Å². The fourth-order valence-electron chi connectivity index (χ4n) is 2.07. The van der Waals surface area contributed by atoms with Crippen molar-refractivity contribution in [3.8, 4) is 5.75 Å². The first kappa shape index (κ1) is 20.6. The highest BCUT2D eigenvalue weighted by atomic mass is 127. The number of benzene rings is 1. The summed E-state index contributed by atoms with van der Waals surface area (Å²) < 4.78 is 46.2. The number of hydrogen-bond acceptors (Lipinski definition) is 3. The number of para-hydroxylation sites is 2. The van der Waals surface area contributed by atoms with Crippen LogP contribution in [0.3, 0.4) is 0 Å². The summed E-state index contributed by atoms with van der Waals surface area (Å²) in [4.78, 5) is 4.12. The Bertz CT molecular complexity index is 592. The highest BCUT2D eigenvalue weighted by Crippen LogP contribution is 2.29. The minimum absolute atomic E-state index is 0. The van der Waals surface area contributed by atoms with Gasteiger partial charge in [0.1, 0.15) is 0 Å². The molecule has 0 aromatic heterocycles. The fourth-order valence-corrected chi connectivity index (χ4v) is 2.07. The summed E-state index contributed by atoms with van der Waals surface area (Å²) in [5.74, 6) is -0.318. The molecule has 1 aliphatic heterocycles. The van der Waals surface area contributed by atoms with Crippen molar-refractivity contribution in [1.82, 2.24) is 0 Å². The van der Waals surface area contributed by atoms with E-state index in [9.17, 15) is 13.2 Å². The molecule has 0 bridgehead atoms. The van der Waals surface area contributed by atoms with Crippen LogP contribution in [0.4, 0.5) is 18.9 Å². The van der Waals surface area contributed by atoms with Gasteiger partial charge < -0.3 is 20.5 Å². The molecule has 134 valence electrons. The number of rotatable bonds is 5. The number of hydrogen-bond donors (Lipinski definition) is 2. The van der Waals surface area contributed by atoms with Crippen molar-refractivity contribution < 1.29 is 22.6 Å². The number of anilines is 1. The molecule has 3 N–H and O–H groups in total. The van der Waals surface area contributed by atoms with Crippen LogP contribution in [0.15, 0.2) is 40.9 Å². The molecular weight excluding hydrogens is 438 g/mol. The SMILES string of the molecule is I.NC(=NCCC1=CCOCC1)Nc1ccccc1OC(F)(F)F. The largest absolute Gasteiger partial charge is 0.573 e. The van der Waals surface area contributed by atoms with Gasteiger partial charge >= 0.3 is 6.36 Å². The van der Waals surface area contributed by atoms with E-state index < -0.39 is 6.36 Å². The van der Waals surface area contributed by atoms with Crippen LogP contribution in [-0.2, 0) is 4.74 Å². The Morgan fingerprint density at radius 2 is 2.08 bits per heavy atom. The van der Waals surface area contributed by atoms with Gasteiger partial charge in [-0.25, -0.2) is 0 Å². The monoisotopic (exact) mass is 457 g/mol. The van der Waals surface area contributed by atoms with Gasteiger partial charge in [-0.15, -0.1) is 37.1 Å². The molecule has 1 aliphatic rings. The number of guanidine groups is 1. The summed E-state index contributed by atoms with van der Waals surface area (Å²) in [6.45, 7) is 1.76. The standard InChI is InChI=1S/C15H18F3N3O2.HI/c16-15(17,18)23-13-4-2-1-3-12(13)21-14(19)20-8-5-11-6-9-22-10-7-11;/h1-4,6H,5,7-10H2,(H3,19,20,21);1H. The van der Waals surface area contributed by atoms with Crippen LogP contribution < -0.4 is 15.8 Å². The quantitative estimate of drug-likeness (QED) is 0.307. The van der Waals surface area contributed by atoms with E-state index in [-0.39, 0.29) is 41.4 Å². The second-order valence-corrected chi connectivity index (χ2v) is 4.87. The lowest BCUT2D eigenvalue weighted by molar-refractivity contribution is -0.274. The average molecular weight is 457 g/mol. The second-order valence-electron chi connectivity index (χ2n) is 4.87. The van der Waals surface area contributed by atoms with E-state index in [0.717, 1.165) is 12.8 Å². The Morgan fingerprint density at radius 1 is 1.33 bits per heavy atom. The molecule has 0 saturated heterocycles. The van der Waals surface area contributed by atoms with Crippen LogP contribution >= 0.6 is 24.0 Å². The first-order valence-electron chi connectivity index (χ1n) is 7.11. The van der Waals surface area contributed by atoms with Crippen molar-refractivity contribution in [1.29, 1.82) is 0 Å². The van der Waals surface area contributed by atoms with E-state index in [1.807, 2.05) is 6.08 Å². The molecule has 1 aromatic carbocycles. The maximum absolute atomic E-state index is 12.3. The van der Waals surface area contributed by atoms with Crippen molar-refractivity contribution in [2.75, 3.05) is 25.1 Å². The molecule has 9 heteroatoms. The molecule has 0 atom stereocenters. The topological polar surface area (TPSA) is 68.9 Å². The Morgan fingerprint density at radius 3 is 2.75 bits per heavy atom. The van der Waals surface area contributed by atoms with Crippen molar-refractivity contribution in [2.45, 2.75) is 19.2 Å². The lowest BCUT2D eigenvalue weighted by atomic mass is 10.1. The zero-order chi connectivity index (χ0) is 16.7. The van der Waals surface area contributed by atoms with Gasteiger partial charge in [-0.1, -0.05) is 23.8 Å². The van der Waals surface area contributed by atoms with Gasteiger partial charge in [0.25, 0.3) is 0 Å². The molecule has 0 fully saturated rings. The summed E-state index contributed by atoms with van der Waals surface area (Å²) in [7, 11) is 0. The number of ether oxygens (including phenoxy) is 2. The molecule has 0 unspecified atom stereocenters. The summed E-state index contributed by atoms with van der Waals surface area (Å²) in [6, 6.07) is 5.66. The maximum atomic E-state index is 12.3. The lowest BCUT2D eigenvalue weighted by Crippen LogP contribution is -2.24. The van der Waals surface area contributed by atoms with E-state index in [0.29, 0.717) is 19.8 Å². The van der Waals surface area contributed by atoms with E-state index in [1.54, 1.807) is 6.07 Å². The van der Waals surface area contributed by atoms with Gasteiger partial charge in [-0.3, -0.25) is 4.99 Å². The minimum Gasteiger partial charge on any atom is -0.404 e. The zero-order valence-electron chi connectivity index (χ0n) is 12.8. The Kier molecular flexibility index (Phi) is 8.32. The van der Waals surface area contributed by atoms with Crippen LogP contribution in [0.5, 0.6) is 5.75 Å². The summed E-state index contributed by atoms with van der Waals surface area (Å²) in [5, 5.41) is 2.63. The van der Waals surface area contributed by atoms with Gasteiger partial charge in [-0.05, 0) is 25.0 Å². The number of nitrogens with two attached hydrogens (primary N) is 1. The van der Waals surface area contributed by atoms with E-state index >= 15 is 0 Å². The second kappa shape index (κ2) is 9.72. The summed E-state index contributed by atoms with van der Waals surface area (Å²) in [6.07, 6.45) is -1.15. The third kappa shape index (κ3) is 7.39. The predicted molar refractivity (Wildman–Crippen MR) is 96.8 cm³/mol. The van der Waals surface area contributed by atoms with Crippen molar-refractivity contribution in [3.63, 3.8) is 0 Å². The predicted octanol–water partition coefficient (Wildman–Crippen LogP) is 3.67. The Balaban J connectivity index is 0.00000288. The normalized spacial score (nSPS) is 15.3.